The van der Waals surface area contributed by atoms with Crippen molar-refractivity contribution >= 4 is 40.1 Å². The molecule has 0 saturated heterocycles. The number of hydrogen-bond donors (Lipinski definition) is 1. The Balaban J connectivity index is 1.73. The van der Waals surface area contributed by atoms with Gasteiger partial charge in [0.2, 0.25) is 0 Å². The number of halogens is 1. The van der Waals surface area contributed by atoms with Gasteiger partial charge in [0, 0.05) is 21.7 Å². The lowest BCUT2D eigenvalue weighted by Gasteiger charge is -2.17. The smallest absolute Gasteiger partial charge is 0.338 e. The van der Waals surface area contributed by atoms with E-state index in [9.17, 15) is 9.59 Å². The average molecular weight is 501 g/mol. The Hall–Kier alpha value is -3.70. The van der Waals surface area contributed by atoms with E-state index in [-0.39, 0.29) is 17.8 Å². The highest BCUT2D eigenvalue weighted by molar-refractivity contribution is 6.30. The SMILES string of the molecule is Cc1cc(C)c2nc(-c3cccc(Cl)c3)c(C)c(C(=O)Nc3ccc(C(=O)OCC(C)C)cc3)c2c1. The zero-order valence-electron chi connectivity index (χ0n) is 21.1. The van der Waals surface area contributed by atoms with Gasteiger partial charge in [-0.3, -0.25) is 4.79 Å². The molecule has 0 unspecified atom stereocenters. The first-order valence-electron chi connectivity index (χ1n) is 11.9. The summed E-state index contributed by atoms with van der Waals surface area (Å²) in [5.74, 6) is -0.368. The van der Waals surface area contributed by atoms with Crippen LogP contribution in [0.5, 0.6) is 0 Å². The van der Waals surface area contributed by atoms with Gasteiger partial charge in [0.05, 0.1) is 28.9 Å². The van der Waals surface area contributed by atoms with Gasteiger partial charge in [-0.15, -0.1) is 0 Å². The third-order valence-electron chi connectivity index (χ3n) is 5.92. The van der Waals surface area contributed by atoms with Crippen LogP contribution in [0.25, 0.3) is 22.2 Å². The number of fused-ring (bicyclic) bond motifs is 1. The van der Waals surface area contributed by atoms with Crippen LogP contribution in [0.2, 0.25) is 5.02 Å². The van der Waals surface area contributed by atoms with Gasteiger partial charge in [-0.2, -0.15) is 0 Å². The molecule has 5 nitrogen and oxygen atoms in total. The number of aromatic nitrogens is 1. The number of pyridine rings is 1. The first kappa shape index (κ1) is 25.4. The lowest BCUT2D eigenvalue weighted by molar-refractivity contribution is 0.0459. The molecule has 4 aromatic rings. The number of anilines is 1. The van der Waals surface area contributed by atoms with Crippen molar-refractivity contribution in [2.45, 2.75) is 34.6 Å². The molecular weight excluding hydrogens is 472 g/mol. The summed E-state index contributed by atoms with van der Waals surface area (Å²) in [7, 11) is 0. The summed E-state index contributed by atoms with van der Waals surface area (Å²) in [5, 5.41) is 4.39. The van der Waals surface area contributed by atoms with Crippen molar-refractivity contribution in [3.63, 3.8) is 0 Å². The van der Waals surface area contributed by atoms with E-state index in [4.69, 9.17) is 21.3 Å². The number of carbonyl (C=O) groups is 2. The van der Waals surface area contributed by atoms with Crippen LogP contribution in [-0.2, 0) is 4.74 Å². The normalized spacial score (nSPS) is 11.1. The van der Waals surface area contributed by atoms with Gasteiger partial charge >= 0.3 is 5.97 Å². The van der Waals surface area contributed by atoms with Gasteiger partial charge in [0.1, 0.15) is 0 Å². The van der Waals surface area contributed by atoms with Crippen molar-refractivity contribution in [2.24, 2.45) is 5.92 Å². The van der Waals surface area contributed by atoms with E-state index < -0.39 is 0 Å². The minimum atomic E-state index is -0.380. The van der Waals surface area contributed by atoms with E-state index >= 15 is 0 Å². The van der Waals surface area contributed by atoms with Crippen molar-refractivity contribution in [1.82, 2.24) is 4.98 Å². The van der Waals surface area contributed by atoms with Gasteiger partial charge in [0.15, 0.2) is 0 Å². The summed E-state index contributed by atoms with van der Waals surface area (Å²) >= 11 is 6.26. The van der Waals surface area contributed by atoms with E-state index in [0.717, 1.165) is 33.2 Å². The molecule has 1 amide bonds. The molecule has 1 heterocycles. The number of nitrogens with zero attached hydrogens (tertiary/aromatic N) is 1. The predicted molar refractivity (Wildman–Crippen MR) is 146 cm³/mol. The minimum absolute atomic E-state index is 0.247. The van der Waals surface area contributed by atoms with Crippen molar-refractivity contribution < 1.29 is 14.3 Å². The van der Waals surface area contributed by atoms with E-state index in [1.54, 1.807) is 24.3 Å². The number of esters is 1. The second-order valence-corrected chi connectivity index (χ2v) is 9.91. The molecule has 1 aromatic heterocycles. The molecule has 0 saturated carbocycles. The van der Waals surface area contributed by atoms with E-state index in [0.29, 0.717) is 34.1 Å². The van der Waals surface area contributed by atoms with Crippen LogP contribution in [0, 0.1) is 26.7 Å². The van der Waals surface area contributed by atoms with Crippen molar-refractivity contribution in [1.29, 1.82) is 0 Å². The van der Waals surface area contributed by atoms with E-state index in [2.05, 4.69) is 11.4 Å². The Morgan fingerprint density at radius 2 is 1.72 bits per heavy atom. The van der Waals surface area contributed by atoms with E-state index in [1.165, 1.54) is 0 Å². The molecular formula is C30H29ClN2O3. The molecule has 0 fully saturated rings. The third kappa shape index (κ3) is 5.42. The molecule has 36 heavy (non-hydrogen) atoms. The maximum atomic E-state index is 13.7. The fourth-order valence-electron chi connectivity index (χ4n) is 4.23. The van der Waals surface area contributed by atoms with Crippen LogP contribution in [0.3, 0.4) is 0 Å². The van der Waals surface area contributed by atoms with Crippen molar-refractivity contribution in [3.8, 4) is 11.3 Å². The topological polar surface area (TPSA) is 68.3 Å². The predicted octanol–water partition coefficient (Wildman–Crippen LogP) is 7.55. The zero-order valence-corrected chi connectivity index (χ0v) is 21.9. The van der Waals surface area contributed by atoms with Crippen molar-refractivity contribution in [3.05, 3.63) is 93.5 Å². The number of hydrogen-bond acceptors (Lipinski definition) is 4. The third-order valence-corrected chi connectivity index (χ3v) is 6.15. The van der Waals surface area contributed by atoms with Gasteiger partial charge < -0.3 is 10.1 Å². The van der Waals surface area contributed by atoms with Crippen LogP contribution in [0.4, 0.5) is 5.69 Å². The second kappa shape index (κ2) is 10.5. The van der Waals surface area contributed by atoms with Gasteiger partial charge in [-0.1, -0.05) is 49.2 Å². The summed E-state index contributed by atoms with van der Waals surface area (Å²) in [4.78, 5) is 30.8. The fourth-order valence-corrected chi connectivity index (χ4v) is 4.42. The Bertz CT molecular complexity index is 1460. The molecule has 4 rings (SSSR count). The van der Waals surface area contributed by atoms with Crippen LogP contribution in [0.15, 0.2) is 60.7 Å². The van der Waals surface area contributed by atoms with Crippen molar-refractivity contribution in [2.75, 3.05) is 11.9 Å². The second-order valence-electron chi connectivity index (χ2n) is 9.47. The molecule has 0 aliphatic heterocycles. The molecule has 184 valence electrons. The quantitative estimate of drug-likeness (QED) is 0.277. The maximum Gasteiger partial charge on any atom is 0.338 e. The number of rotatable bonds is 6. The van der Waals surface area contributed by atoms with Crippen LogP contribution in [0.1, 0.15) is 51.3 Å². The molecule has 0 bridgehead atoms. The number of aryl methyl sites for hydroxylation is 2. The molecule has 0 atom stereocenters. The minimum Gasteiger partial charge on any atom is -0.462 e. The average Bonchev–Trinajstić information content (AvgIpc) is 2.82. The molecule has 0 aliphatic rings. The Morgan fingerprint density at radius 3 is 2.39 bits per heavy atom. The van der Waals surface area contributed by atoms with E-state index in [1.807, 2.05) is 65.0 Å². The summed E-state index contributed by atoms with van der Waals surface area (Å²) in [5.41, 5.74) is 6.72. The molecule has 0 radical (unpaired) electrons. The highest BCUT2D eigenvalue weighted by atomic mass is 35.5. The lowest BCUT2D eigenvalue weighted by atomic mass is 9.94. The largest absolute Gasteiger partial charge is 0.462 e. The highest BCUT2D eigenvalue weighted by Gasteiger charge is 2.21. The Labute approximate surface area is 216 Å². The van der Waals surface area contributed by atoms with Crippen LogP contribution < -0.4 is 5.32 Å². The Kier molecular flexibility index (Phi) is 7.41. The first-order chi connectivity index (χ1) is 17.1. The number of amides is 1. The van der Waals surface area contributed by atoms with Gasteiger partial charge in [-0.25, -0.2) is 9.78 Å². The summed E-state index contributed by atoms with van der Waals surface area (Å²) in [6, 6.07) is 18.2. The molecule has 0 spiro atoms. The summed E-state index contributed by atoms with van der Waals surface area (Å²) in [6.45, 7) is 10.2. The zero-order chi connectivity index (χ0) is 26.0. The molecule has 3 aromatic carbocycles. The van der Waals surface area contributed by atoms with Gasteiger partial charge in [0.25, 0.3) is 5.91 Å². The number of nitrogens with one attached hydrogen (secondary N) is 1. The summed E-state index contributed by atoms with van der Waals surface area (Å²) < 4.78 is 5.29. The molecule has 6 heteroatoms. The summed E-state index contributed by atoms with van der Waals surface area (Å²) in [6.07, 6.45) is 0. The van der Waals surface area contributed by atoms with Crippen LogP contribution >= 0.6 is 11.6 Å². The standard InChI is InChI=1S/C30H29ClN2O3/c1-17(2)16-36-30(35)21-9-11-24(12-10-21)32-29(34)26-20(5)28(22-7-6-8-23(31)15-22)33-27-19(4)13-18(3)14-25(26)27/h6-15,17H,16H2,1-5H3,(H,32,34). The number of carbonyl (C=O) groups excluding carboxylic acids is 2. The van der Waals surface area contributed by atoms with Gasteiger partial charge in [-0.05, 0) is 80.3 Å². The Morgan fingerprint density at radius 1 is 1.00 bits per heavy atom. The maximum absolute atomic E-state index is 13.7. The number of ether oxygens (including phenoxy) is 1. The first-order valence-corrected chi connectivity index (χ1v) is 12.3. The van der Waals surface area contributed by atoms with Crippen LogP contribution in [-0.4, -0.2) is 23.5 Å². The monoisotopic (exact) mass is 500 g/mol. The molecule has 0 aliphatic carbocycles. The fraction of sp³-hybridized carbons (Fsp3) is 0.233. The molecule has 1 N–H and O–H groups in total. The lowest BCUT2D eigenvalue weighted by Crippen LogP contribution is -2.16. The highest BCUT2D eigenvalue weighted by Crippen LogP contribution is 2.33. The number of benzene rings is 3.